The second kappa shape index (κ2) is 5.80. The van der Waals surface area contributed by atoms with Crippen LogP contribution in [0.2, 0.25) is 0 Å². The molecule has 4 heteroatoms. The Kier molecular flexibility index (Phi) is 4.34. The fourth-order valence-electron chi connectivity index (χ4n) is 0.970. The first kappa shape index (κ1) is 11.2. The molecule has 0 aliphatic carbocycles. The number of hydrogen-bond donors (Lipinski definition) is 0. The second-order valence-corrected chi connectivity index (χ2v) is 2.68. The van der Waals surface area contributed by atoms with Gasteiger partial charge in [-0.3, -0.25) is 0 Å². The molecule has 0 aromatic heterocycles. The van der Waals surface area contributed by atoms with E-state index in [0.717, 1.165) is 5.56 Å². The molecule has 0 fully saturated rings. The zero-order valence-corrected chi connectivity index (χ0v) is 8.27. The molecule has 0 N–H and O–H groups in total. The highest BCUT2D eigenvalue weighted by atomic mass is 19.1. The number of carbonyl (C=O) groups excluding carboxylic acids is 1. The van der Waals surface area contributed by atoms with Crippen molar-refractivity contribution in [2.45, 2.75) is 0 Å². The predicted octanol–water partition coefficient (Wildman–Crippen LogP) is 2.18. The van der Waals surface area contributed by atoms with E-state index in [-0.39, 0.29) is 0 Å². The maximum Gasteiger partial charge on any atom is 0.330 e. The summed E-state index contributed by atoms with van der Waals surface area (Å²) in [5.41, 5.74) is 0.812. The van der Waals surface area contributed by atoms with Crippen molar-refractivity contribution in [1.82, 2.24) is 0 Å². The topological polar surface area (TPSA) is 35.5 Å². The molecule has 1 rings (SSSR count). The van der Waals surface area contributed by atoms with E-state index < -0.39 is 12.8 Å². The maximum absolute atomic E-state index is 11.8. The number of benzene rings is 1. The third-order valence-corrected chi connectivity index (χ3v) is 1.71. The van der Waals surface area contributed by atoms with Crippen LogP contribution in [0.5, 0.6) is 5.75 Å². The molecule has 0 amide bonds. The lowest BCUT2D eigenvalue weighted by Gasteiger charge is -2.00. The standard InChI is InChI=1S/C11H11FO3/c1-14-11(13)7-4-9-2-5-10(6-3-9)15-8-12/h2-7H,8H2,1H3/b7-4+. The van der Waals surface area contributed by atoms with E-state index in [0.29, 0.717) is 5.75 Å². The van der Waals surface area contributed by atoms with Gasteiger partial charge in [0.15, 0.2) is 0 Å². The van der Waals surface area contributed by atoms with Gasteiger partial charge in [-0.25, -0.2) is 9.18 Å². The summed E-state index contributed by atoms with van der Waals surface area (Å²) in [5, 5.41) is 0. The third-order valence-electron chi connectivity index (χ3n) is 1.71. The number of ether oxygens (including phenoxy) is 2. The van der Waals surface area contributed by atoms with E-state index >= 15 is 0 Å². The van der Waals surface area contributed by atoms with Crippen LogP contribution < -0.4 is 4.74 Å². The van der Waals surface area contributed by atoms with Crippen molar-refractivity contribution in [3.8, 4) is 5.75 Å². The van der Waals surface area contributed by atoms with Crippen molar-refractivity contribution in [2.75, 3.05) is 14.0 Å². The van der Waals surface area contributed by atoms with Crippen LogP contribution in [0.15, 0.2) is 30.3 Å². The Morgan fingerprint density at radius 1 is 1.40 bits per heavy atom. The van der Waals surface area contributed by atoms with Gasteiger partial charge in [0.25, 0.3) is 0 Å². The van der Waals surface area contributed by atoms with Gasteiger partial charge in [-0.2, -0.15) is 0 Å². The summed E-state index contributed by atoms with van der Waals surface area (Å²) in [5.74, 6) is 0.0341. The smallest absolute Gasteiger partial charge is 0.330 e. The Morgan fingerprint density at radius 2 is 2.07 bits per heavy atom. The number of rotatable bonds is 4. The molecule has 3 nitrogen and oxygen atoms in total. The highest BCUT2D eigenvalue weighted by molar-refractivity contribution is 5.86. The lowest BCUT2D eigenvalue weighted by Crippen LogP contribution is -1.93. The fraction of sp³-hybridized carbons (Fsp3) is 0.182. The van der Waals surface area contributed by atoms with Gasteiger partial charge in [0.1, 0.15) is 5.75 Å². The zero-order chi connectivity index (χ0) is 11.1. The highest BCUT2D eigenvalue weighted by Crippen LogP contribution is 2.13. The Morgan fingerprint density at radius 3 is 2.60 bits per heavy atom. The van der Waals surface area contributed by atoms with Gasteiger partial charge in [0.05, 0.1) is 7.11 Å². The Labute approximate surface area is 87.1 Å². The summed E-state index contributed by atoms with van der Waals surface area (Å²) in [6, 6.07) is 6.67. The summed E-state index contributed by atoms with van der Waals surface area (Å²) in [4.78, 5) is 10.8. The van der Waals surface area contributed by atoms with Gasteiger partial charge >= 0.3 is 5.97 Å². The van der Waals surface area contributed by atoms with E-state index in [1.165, 1.54) is 13.2 Å². The minimum Gasteiger partial charge on any atom is -0.466 e. The molecule has 0 aliphatic rings. The van der Waals surface area contributed by atoms with E-state index in [1.54, 1.807) is 30.3 Å². The minimum absolute atomic E-state index is 0.418. The van der Waals surface area contributed by atoms with Gasteiger partial charge in [-0.05, 0) is 23.8 Å². The number of methoxy groups -OCH3 is 1. The lowest BCUT2D eigenvalue weighted by atomic mass is 10.2. The monoisotopic (exact) mass is 210 g/mol. The van der Waals surface area contributed by atoms with E-state index in [9.17, 15) is 9.18 Å². The van der Waals surface area contributed by atoms with E-state index in [1.807, 2.05) is 0 Å². The highest BCUT2D eigenvalue weighted by Gasteiger charge is 1.94. The van der Waals surface area contributed by atoms with Crippen LogP contribution in [0, 0.1) is 0 Å². The van der Waals surface area contributed by atoms with E-state index in [2.05, 4.69) is 9.47 Å². The molecule has 0 aliphatic heterocycles. The summed E-state index contributed by atoms with van der Waals surface area (Å²) >= 11 is 0. The number of alkyl halides is 1. The first-order chi connectivity index (χ1) is 7.26. The first-order valence-electron chi connectivity index (χ1n) is 4.31. The molecule has 0 atom stereocenters. The SMILES string of the molecule is COC(=O)/C=C/c1ccc(OCF)cc1. The molecule has 0 spiro atoms. The van der Waals surface area contributed by atoms with Gasteiger partial charge in [0, 0.05) is 6.08 Å². The van der Waals surface area contributed by atoms with Crippen molar-refractivity contribution < 1.29 is 18.7 Å². The van der Waals surface area contributed by atoms with Gasteiger partial charge < -0.3 is 9.47 Å². The van der Waals surface area contributed by atoms with Crippen LogP contribution in [0.25, 0.3) is 6.08 Å². The normalized spacial score (nSPS) is 10.3. The van der Waals surface area contributed by atoms with Crippen LogP contribution >= 0.6 is 0 Å². The summed E-state index contributed by atoms with van der Waals surface area (Å²) in [6.07, 6.45) is 2.91. The van der Waals surface area contributed by atoms with Gasteiger partial charge in [-0.1, -0.05) is 12.1 Å². The Bertz CT molecular complexity index is 343. The third kappa shape index (κ3) is 3.81. The molecule has 0 saturated carbocycles. The second-order valence-electron chi connectivity index (χ2n) is 2.68. The number of halogens is 1. The molecule has 80 valence electrons. The number of carbonyl (C=O) groups is 1. The average Bonchev–Trinajstić information content (AvgIpc) is 2.28. The van der Waals surface area contributed by atoms with Crippen molar-refractivity contribution in [3.63, 3.8) is 0 Å². The van der Waals surface area contributed by atoms with Crippen molar-refractivity contribution >= 4 is 12.0 Å². The molecular formula is C11H11FO3. The first-order valence-corrected chi connectivity index (χ1v) is 4.31. The fourth-order valence-corrected chi connectivity index (χ4v) is 0.970. The predicted molar refractivity (Wildman–Crippen MR) is 54.1 cm³/mol. The van der Waals surface area contributed by atoms with Gasteiger partial charge in [0.2, 0.25) is 6.86 Å². The van der Waals surface area contributed by atoms with Crippen LogP contribution in [0.3, 0.4) is 0 Å². The van der Waals surface area contributed by atoms with Crippen molar-refractivity contribution in [3.05, 3.63) is 35.9 Å². The summed E-state index contributed by atoms with van der Waals surface area (Å²) in [7, 11) is 1.31. The quantitative estimate of drug-likeness (QED) is 0.564. The molecule has 0 unspecified atom stereocenters. The van der Waals surface area contributed by atoms with Crippen LogP contribution in [0.4, 0.5) is 4.39 Å². The number of esters is 1. The maximum atomic E-state index is 11.8. The molecule has 1 aromatic carbocycles. The van der Waals surface area contributed by atoms with Crippen LogP contribution in [-0.4, -0.2) is 19.9 Å². The largest absolute Gasteiger partial charge is 0.466 e. The molecule has 0 bridgehead atoms. The Hall–Kier alpha value is -1.84. The van der Waals surface area contributed by atoms with Crippen LogP contribution in [-0.2, 0) is 9.53 Å². The van der Waals surface area contributed by atoms with Crippen LogP contribution in [0.1, 0.15) is 5.56 Å². The van der Waals surface area contributed by atoms with Crippen molar-refractivity contribution in [2.24, 2.45) is 0 Å². The van der Waals surface area contributed by atoms with E-state index in [4.69, 9.17) is 0 Å². The molecule has 1 aromatic rings. The van der Waals surface area contributed by atoms with Crippen molar-refractivity contribution in [1.29, 1.82) is 0 Å². The molecule has 15 heavy (non-hydrogen) atoms. The average molecular weight is 210 g/mol. The lowest BCUT2D eigenvalue weighted by molar-refractivity contribution is -0.134. The zero-order valence-electron chi connectivity index (χ0n) is 8.27. The Balaban J connectivity index is 2.64. The molecule has 0 radical (unpaired) electrons. The molecular weight excluding hydrogens is 199 g/mol. The minimum atomic E-state index is -0.850. The molecule has 0 saturated heterocycles. The van der Waals surface area contributed by atoms with Gasteiger partial charge in [-0.15, -0.1) is 0 Å². The summed E-state index contributed by atoms with van der Waals surface area (Å²) in [6.45, 7) is -0.850. The number of hydrogen-bond acceptors (Lipinski definition) is 3. The summed E-state index contributed by atoms with van der Waals surface area (Å²) < 4.78 is 20.8. The molecule has 0 heterocycles.